The van der Waals surface area contributed by atoms with Gasteiger partial charge in [-0.05, 0) is 38.5 Å². The van der Waals surface area contributed by atoms with Gasteiger partial charge in [0.2, 0.25) is 0 Å². The number of rotatable bonds is 3. The minimum atomic E-state index is -0.0366. The average molecular weight is 196 g/mol. The van der Waals surface area contributed by atoms with Crippen LogP contribution >= 0.6 is 0 Å². The molecule has 2 heteroatoms. The van der Waals surface area contributed by atoms with E-state index in [1.54, 1.807) is 0 Å². The molecule has 1 aliphatic rings. The van der Waals surface area contributed by atoms with Crippen LogP contribution < -0.4 is 0 Å². The van der Waals surface area contributed by atoms with Gasteiger partial charge in [0, 0.05) is 0 Å². The Kier molecular flexibility index (Phi) is 3.73. The molecular weight excluding hydrogens is 176 g/mol. The molecule has 1 fully saturated rings. The van der Waals surface area contributed by atoms with E-state index in [4.69, 9.17) is 4.74 Å². The Bertz CT molecular complexity index is 232. The maximum absolute atomic E-state index is 11.7. The van der Waals surface area contributed by atoms with Gasteiger partial charge in [-0.15, -0.1) is 0 Å². The Labute approximate surface area is 86.3 Å². The number of allylic oxidation sites excluding steroid dienone is 1. The fourth-order valence-electron chi connectivity index (χ4n) is 2.39. The zero-order valence-electron chi connectivity index (χ0n) is 9.38. The van der Waals surface area contributed by atoms with Gasteiger partial charge in [-0.25, -0.2) is 0 Å². The third-order valence-corrected chi connectivity index (χ3v) is 3.17. The van der Waals surface area contributed by atoms with E-state index in [1.165, 1.54) is 0 Å². The van der Waals surface area contributed by atoms with Crippen molar-refractivity contribution in [3.8, 4) is 0 Å². The van der Waals surface area contributed by atoms with Crippen molar-refractivity contribution >= 4 is 5.97 Å². The van der Waals surface area contributed by atoms with Crippen molar-refractivity contribution in [2.45, 2.75) is 33.6 Å². The van der Waals surface area contributed by atoms with Crippen molar-refractivity contribution in [3.63, 3.8) is 0 Å². The third kappa shape index (κ3) is 2.17. The van der Waals surface area contributed by atoms with Gasteiger partial charge in [-0.2, -0.15) is 0 Å². The fourth-order valence-corrected chi connectivity index (χ4v) is 2.39. The highest BCUT2D eigenvalue weighted by Gasteiger charge is 2.39. The molecule has 0 aromatic heterocycles. The summed E-state index contributed by atoms with van der Waals surface area (Å²) in [5.41, 5.74) is 1.12. The second kappa shape index (κ2) is 4.63. The Balaban J connectivity index is 2.71. The molecule has 80 valence electrons. The lowest BCUT2D eigenvalue weighted by atomic mass is 9.86. The summed E-state index contributed by atoms with van der Waals surface area (Å²) in [6, 6.07) is 0. The molecule has 0 aromatic rings. The van der Waals surface area contributed by atoms with Gasteiger partial charge in [0.1, 0.15) is 0 Å². The van der Waals surface area contributed by atoms with Crippen LogP contribution in [0.2, 0.25) is 0 Å². The molecule has 0 unspecified atom stereocenters. The molecule has 0 radical (unpaired) electrons. The van der Waals surface area contributed by atoms with Crippen molar-refractivity contribution in [2.75, 3.05) is 6.61 Å². The summed E-state index contributed by atoms with van der Waals surface area (Å²) in [6.45, 7) is 10.4. The lowest BCUT2D eigenvalue weighted by molar-refractivity contribution is -0.150. The van der Waals surface area contributed by atoms with Crippen molar-refractivity contribution in [1.29, 1.82) is 0 Å². The van der Waals surface area contributed by atoms with Gasteiger partial charge >= 0.3 is 5.97 Å². The van der Waals surface area contributed by atoms with E-state index in [0.717, 1.165) is 18.4 Å². The highest BCUT2D eigenvalue weighted by molar-refractivity contribution is 5.74. The molecule has 14 heavy (non-hydrogen) atoms. The molecule has 1 rings (SSSR count). The number of ether oxygens (including phenoxy) is 1. The predicted octanol–water partition coefficient (Wildman–Crippen LogP) is 2.79. The van der Waals surface area contributed by atoms with E-state index in [2.05, 4.69) is 13.5 Å². The van der Waals surface area contributed by atoms with Crippen LogP contribution in [0.15, 0.2) is 12.2 Å². The molecule has 1 aliphatic carbocycles. The lowest BCUT2D eigenvalue weighted by Crippen LogP contribution is -2.26. The minimum absolute atomic E-state index is 0.0366. The Morgan fingerprint density at radius 3 is 2.64 bits per heavy atom. The van der Waals surface area contributed by atoms with E-state index in [9.17, 15) is 4.79 Å². The number of hydrogen-bond acceptors (Lipinski definition) is 2. The van der Waals surface area contributed by atoms with Crippen LogP contribution in [0.5, 0.6) is 0 Å². The van der Waals surface area contributed by atoms with Crippen molar-refractivity contribution < 1.29 is 9.53 Å². The summed E-state index contributed by atoms with van der Waals surface area (Å²) in [5.74, 6) is 0.790. The first-order valence-electron chi connectivity index (χ1n) is 5.40. The van der Waals surface area contributed by atoms with Gasteiger partial charge in [0.25, 0.3) is 0 Å². The van der Waals surface area contributed by atoms with Gasteiger partial charge in [-0.3, -0.25) is 4.79 Å². The molecule has 0 aliphatic heterocycles. The molecule has 0 heterocycles. The van der Waals surface area contributed by atoms with Crippen molar-refractivity contribution in [3.05, 3.63) is 12.2 Å². The van der Waals surface area contributed by atoms with E-state index in [-0.39, 0.29) is 11.9 Å². The summed E-state index contributed by atoms with van der Waals surface area (Å²) in [5, 5.41) is 0. The summed E-state index contributed by atoms with van der Waals surface area (Å²) in [6.07, 6.45) is 2.20. The zero-order valence-corrected chi connectivity index (χ0v) is 9.38. The Morgan fingerprint density at radius 2 is 2.14 bits per heavy atom. The van der Waals surface area contributed by atoms with E-state index >= 15 is 0 Å². The van der Waals surface area contributed by atoms with E-state index < -0.39 is 0 Å². The summed E-state index contributed by atoms with van der Waals surface area (Å²) in [4.78, 5) is 11.7. The van der Waals surface area contributed by atoms with Crippen molar-refractivity contribution in [1.82, 2.24) is 0 Å². The average Bonchev–Trinajstić information content (AvgIpc) is 2.47. The van der Waals surface area contributed by atoms with Crippen LogP contribution in [0.25, 0.3) is 0 Å². The Hall–Kier alpha value is -0.790. The lowest BCUT2D eigenvalue weighted by Gasteiger charge is -2.21. The molecule has 3 atom stereocenters. The van der Waals surface area contributed by atoms with Gasteiger partial charge in [0.05, 0.1) is 12.5 Å². The standard InChI is InChI=1S/C12H20O2/c1-5-14-12(13)11-9(4)6-7-10(11)8(2)3/h9-11H,2,5-7H2,1,3-4H3/t9-,10-,11-/m1/s1. The number of carbonyl (C=O) groups is 1. The molecule has 0 N–H and O–H groups in total. The number of carbonyl (C=O) groups excluding carboxylic acids is 1. The molecule has 0 bridgehead atoms. The number of esters is 1. The van der Waals surface area contributed by atoms with Crippen LogP contribution in [0, 0.1) is 17.8 Å². The zero-order chi connectivity index (χ0) is 10.7. The summed E-state index contributed by atoms with van der Waals surface area (Å²) >= 11 is 0. The molecule has 2 nitrogen and oxygen atoms in total. The highest BCUT2D eigenvalue weighted by Crippen LogP contribution is 2.40. The van der Waals surface area contributed by atoms with Crippen LogP contribution in [-0.4, -0.2) is 12.6 Å². The monoisotopic (exact) mass is 196 g/mol. The minimum Gasteiger partial charge on any atom is -0.466 e. The van der Waals surface area contributed by atoms with Crippen LogP contribution in [-0.2, 0) is 9.53 Å². The Morgan fingerprint density at radius 1 is 1.50 bits per heavy atom. The predicted molar refractivity (Wildman–Crippen MR) is 56.8 cm³/mol. The van der Waals surface area contributed by atoms with Crippen LogP contribution in [0.4, 0.5) is 0 Å². The summed E-state index contributed by atoms with van der Waals surface area (Å²) in [7, 11) is 0. The molecular formula is C12H20O2. The topological polar surface area (TPSA) is 26.3 Å². The van der Waals surface area contributed by atoms with Crippen LogP contribution in [0.3, 0.4) is 0 Å². The SMILES string of the molecule is C=C(C)[C@H]1CC[C@@H](C)[C@H]1C(=O)OCC. The quantitative estimate of drug-likeness (QED) is 0.512. The number of hydrogen-bond donors (Lipinski definition) is 0. The molecule has 0 aromatic carbocycles. The highest BCUT2D eigenvalue weighted by atomic mass is 16.5. The second-order valence-electron chi connectivity index (χ2n) is 4.29. The molecule has 1 saturated carbocycles. The molecule has 0 spiro atoms. The van der Waals surface area contributed by atoms with Crippen LogP contribution in [0.1, 0.15) is 33.6 Å². The van der Waals surface area contributed by atoms with Gasteiger partial charge in [-0.1, -0.05) is 19.1 Å². The first kappa shape index (κ1) is 11.3. The normalized spacial score (nSPS) is 31.5. The first-order chi connectivity index (χ1) is 6.57. The largest absolute Gasteiger partial charge is 0.466 e. The smallest absolute Gasteiger partial charge is 0.309 e. The fraction of sp³-hybridized carbons (Fsp3) is 0.750. The van der Waals surface area contributed by atoms with Crippen molar-refractivity contribution in [2.24, 2.45) is 17.8 Å². The van der Waals surface area contributed by atoms with Gasteiger partial charge < -0.3 is 4.74 Å². The van der Waals surface area contributed by atoms with E-state index in [1.807, 2.05) is 13.8 Å². The molecule has 0 saturated heterocycles. The van der Waals surface area contributed by atoms with E-state index in [0.29, 0.717) is 18.4 Å². The maximum Gasteiger partial charge on any atom is 0.309 e. The van der Waals surface area contributed by atoms with Gasteiger partial charge in [0.15, 0.2) is 0 Å². The third-order valence-electron chi connectivity index (χ3n) is 3.17. The summed E-state index contributed by atoms with van der Waals surface area (Å²) < 4.78 is 5.10. The molecule has 0 amide bonds. The first-order valence-corrected chi connectivity index (χ1v) is 5.40. The maximum atomic E-state index is 11.7. The second-order valence-corrected chi connectivity index (χ2v) is 4.29.